The predicted molar refractivity (Wildman–Crippen MR) is 91.0 cm³/mol. The van der Waals surface area contributed by atoms with Gasteiger partial charge in [0.05, 0.1) is 11.4 Å². The van der Waals surface area contributed by atoms with Crippen LogP contribution in [0.5, 0.6) is 0 Å². The standard InChI is InChI=1S/C17H26N4O2/c1-13(2)12-18-17(23)16-15(10-6-7-11-22)21(20-19-16)14-8-4-3-5-9-14/h3-5,8-9,13,19-20,22H,6-7,10-12H2,1-2H3,(H,18,23). The van der Waals surface area contributed by atoms with Gasteiger partial charge in [0.1, 0.15) is 5.70 Å². The topological polar surface area (TPSA) is 76.6 Å². The van der Waals surface area contributed by atoms with Crippen LogP contribution in [0.4, 0.5) is 5.69 Å². The Morgan fingerprint density at radius 3 is 2.65 bits per heavy atom. The summed E-state index contributed by atoms with van der Waals surface area (Å²) in [6.45, 7) is 4.93. The van der Waals surface area contributed by atoms with Crippen molar-refractivity contribution in [2.24, 2.45) is 5.92 Å². The lowest BCUT2D eigenvalue weighted by atomic mass is 10.1. The fraction of sp³-hybridized carbons (Fsp3) is 0.471. The molecule has 1 amide bonds. The maximum absolute atomic E-state index is 12.4. The minimum Gasteiger partial charge on any atom is -0.396 e. The first-order valence-electron chi connectivity index (χ1n) is 8.12. The van der Waals surface area contributed by atoms with E-state index < -0.39 is 0 Å². The zero-order valence-corrected chi connectivity index (χ0v) is 13.8. The highest BCUT2D eigenvalue weighted by Gasteiger charge is 2.27. The quantitative estimate of drug-likeness (QED) is 0.549. The summed E-state index contributed by atoms with van der Waals surface area (Å²) in [6, 6.07) is 9.84. The third-order valence-corrected chi connectivity index (χ3v) is 3.59. The lowest BCUT2D eigenvalue weighted by molar-refractivity contribution is -0.118. The molecule has 6 nitrogen and oxygen atoms in total. The largest absolute Gasteiger partial charge is 0.396 e. The van der Waals surface area contributed by atoms with Crippen molar-refractivity contribution in [3.05, 3.63) is 41.7 Å². The van der Waals surface area contributed by atoms with Gasteiger partial charge >= 0.3 is 0 Å². The molecule has 0 radical (unpaired) electrons. The Labute approximate surface area is 137 Å². The number of aliphatic hydroxyl groups excluding tert-OH is 1. The molecule has 0 spiro atoms. The molecule has 0 unspecified atom stereocenters. The Balaban J connectivity index is 2.18. The van der Waals surface area contributed by atoms with E-state index >= 15 is 0 Å². The van der Waals surface area contributed by atoms with Crippen LogP contribution in [0.15, 0.2) is 41.7 Å². The number of hydrazine groups is 2. The monoisotopic (exact) mass is 318 g/mol. The van der Waals surface area contributed by atoms with Gasteiger partial charge in [0.15, 0.2) is 0 Å². The summed E-state index contributed by atoms with van der Waals surface area (Å²) in [5.41, 5.74) is 8.45. The molecule has 6 heteroatoms. The molecule has 0 saturated carbocycles. The van der Waals surface area contributed by atoms with Crippen molar-refractivity contribution in [1.29, 1.82) is 0 Å². The van der Waals surface area contributed by atoms with Crippen molar-refractivity contribution in [1.82, 2.24) is 16.3 Å². The predicted octanol–water partition coefficient (Wildman–Crippen LogP) is 1.66. The Morgan fingerprint density at radius 1 is 1.26 bits per heavy atom. The smallest absolute Gasteiger partial charge is 0.270 e. The van der Waals surface area contributed by atoms with Crippen molar-refractivity contribution in [2.75, 3.05) is 18.2 Å². The molecule has 0 saturated heterocycles. The minimum absolute atomic E-state index is 0.108. The fourth-order valence-corrected chi connectivity index (χ4v) is 2.37. The van der Waals surface area contributed by atoms with Gasteiger partial charge < -0.3 is 10.4 Å². The first-order chi connectivity index (χ1) is 11.1. The molecule has 0 atom stereocenters. The first-order valence-corrected chi connectivity index (χ1v) is 8.12. The second-order valence-electron chi connectivity index (χ2n) is 6.01. The number of unbranched alkanes of at least 4 members (excludes halogenated alkanes) is 1. The molecule has 0 fully saturated rings. The number of anilines is 1. The number of benzene rings is 1. The molecule has 1 aromatic rings. The summed E-state index contributed by atoms with van der Waals surface area (Å²) in [7, 11) is 0. The number of hydrogen-bond donors (Lipinski definition) is 4. The zero-order valence-electron chi connectivity index (χ0n) is 13.8. The van der Waals surface area contributed by atoms with E-state index in [0.29, 0.717) is 31.0 Å². The van der Waals surface area contributed by atoms with E-state index in [1.54, 1.807) is 0 Å². The van der Waals surface area contributed by atoms with Crippen LogP contribution in [0.2, 0.25) is 0 Å². The number of para-hydroxylation sites is 1. The zero-order chi connectivity index (χ0) is 16.7. The first kappa shape index (κ1) is 17.3. The summed E-state index contributed by atoms with van der Waals surface area (Å²) in [5, 5.41) is 13.8. The molecule has 1 heterocycles. The van der Waals surface area contributed by atoms with Gasteiger partial charge in [-0.15, -0.1) is 5.53 Å². The van der Waals surface area contributed by atoms with Crippen molar-refractivity contribution in [2.45, 2.75) is 33.1 Å². The molecule has 1 aromatic carbocycles. The van der Waals surface area contributed by atoms with E-state index in [9.17, 15) is 4.79 Å². The lowest BCUT2D eigenvalue weighted by Gasteiger charge is -2.21. The lowest BCUT2D eigenvalue weighted by Crippen LogP contribution is -2.40. The van der Waals surface area contributed by atoms with Crippen LogP contribution in [0.25, 0.3) is 0 Å². The number of amides is 1. The number of nitrogens with one attached hydrogen (secondary N) is 3. The molecular formula is C17H26N4O2. The SMILES string of the molecule is CC(C)CNC(=O)C1=C(CCCCO)N(c2ccccc2)NN1. The van der Waals surface area contributed by atoms with Crippen LogP contribution in [-0.4, -0.2) is 24.2 Å². The van der Waals surface area contributed by atoms with Crippen LogP contribution < -0.4 is 21.3 Å². The van der Waals surface area contributed by atoms with Gasteiger partial charge in [0.25, 0.3) is 5.91 Å². The van der Waals surface area contributed by atoms with Crippen LogP contribution in [0.1, 0.15) is 33.1 Å². The summed E-state index contributed by atoms with van der Waals surface area (Å²) < 4.78 is 0. The highest BCUT2D eigenvalue weighted by atomic mass is 16.2. The summed E-state index contributed by atoms with van der Waals surface area (Å²) in [6.07, 6.45) is 2.24. The summed E-state index contributed by atoms with van der Waals surface area (Å²) in [5.74, 6) is 0.292. The van der Waals surface area contributed by atoms with Gasteiger partial charge in [0, 0.05) is 13.2 Å². The van der Waals surface area contributed by atoms with E-state index in [2.05, 4.69) is 30.1 Å². The van der Waals surface area contributed by atoms with Crippen LogP contribution >= 0.6 is 0 Å². The number of nitrogens with zero attached hydrogens (tertiary/aromatic N) is 1. The highest BCUT2D eigenvalue weighted by Crippen LogP contribution is 2.25. The molecule has 1 aliphatic heterocycles. The number of hydrogen-bond acceptors (Lipinski definition) is 5. The van der Waals surface area contributed by atoms with Crippen LogP contribution in [0.3, 0.4) is 0 Å². The minimum atomic E-state index is -0.108. The molecular weight excluding hydrogens is 292 g/mol. The average molecular weight is 318 g/mol. The Bertz CT molecular complexity index is 543. The van der Waals surface area contributed by atoms with Crippen molar-refractivity contribution >= 4 is 11.6 Å². The second-order valence-corrected chi connectivity index (χ2v) is 6.01. The van der Waals surface area contributed by atoms with Gasteiger partial charge in [-0.05, 0) is 37.3 Å². The highest BCUT2D eigenvalue weighted by molar-refractivity contribution is 5.94. The van der Waals surface area contributed by atoms with Gasteiger partial charge in [-0.2, -0.15) is 0 Å². The van der Waals surface area contributed by atoms with Gasteiger partial charge in [-0.3, -0.25) is 15.2 Å². The van der Waals surface area contributed by atoms with E-state index in [4.69, 9.17) is 5.11 Å². The average Bonchev–Trinajstić information content (AvgIpc) is 2.97. The summed E-state index contributed by atoms with van der Waals surface area (Å²) in [4.78, 5) is 12.4. The molecule has 23 heavy (non-hydrogen) atoms. The van der Waals surface area contributed by atoms with Gasteiger partial charge in [0.2, 0.25) is 0 Å². The Hall–Kier alpha value is -2.05. The van der Waals surface area contributed by atoms with Gasteiger partial charge in [-0.1, -0.05) is 32.0 Å². The number of carbonyl (C=O) groups is 1. The van der Waals surface area contributed by atoms with E-state index in [1.807, 2.05) is 35.3 Å². The third kappa shape index (κ3) is 4.71. The molecule has 1 aliphatic rings. The van der Waals surface area contributed by atoms with Crippen LogP contribution in [0, 0.1) is 5.92 Å². The van der Waals surface area contributed by atoms with Crippen molar-refractivity contribution in [3.8, 4) is 0 Å². The molecule has 2 rings (SSSR count). The van der Waals surface area contributed by atoms with E-state index in [-0.39, 0.29) is 12.5 Å². The maximum Gasteiger partial charge on any atom is 0.270 e. The summed E-state index contributed by atoms with van der Waals surface area (Å²) >= 11 is 0. The third-order valence-electron chi connectivity index (χ3n) is 3.59. The maximum atomic E-state index is 12.4. The molecule has 0 aliphatic carbocycles. The van der Waals surface area contributed by atoms with Crippen molar-refractivity contribution in [3.63, 3.8) is 0 Å². The fourth-order valence-electron chi connectivity index (χ4n) is 2.37. The molecule has 126 valence electrons. The second kappa shape index (κ2) is 8.55. The number of rotatable bonds is 8. The van der Waals surface area contributed by atoms with Crippen molar-refractivity contribution < 1.29 is 9.90 Å². The number of aliphatic hydroxyl groups is 1. The van der Waals surface area contributed by atoms with Gasteiger partial charge in [-0.25, -0.2) is 0 Å². The normalized spacial score (nSPS) is 14.3. The van der Waals surface area contributed by atoms with E-state index in [0.717, 1.165) is 17.8 Å². The Kier molecular flexibility index (Phi) is 6.43. The van der Waals surface area contributed by atoms with Crippen LogP contribution in [-0.2, 0) is 4.79 Å². The Morgan fingerprint density at radius 2 is 2.00 bits per heavy atom. The molecule has 4 N–H and O–H groups in total. The molecule has 0 aromatic heterocycles. The molecule has 0 bridgehead atoms. The number of carbonyl (C=O) groups excluding carboxylic acids is 1. The number of allylic oxidation sites excluding steroid dienone is 1. The van der Waals surface area contributed by atoms with E-state index in [1.165, 1.54) is 0 Å².